The summed E-state index contributed by atoms with van der Waals surface area (Å²) in [5.41, 5.74) is 0.00170. The van der Waals surface area contributed by atoms with Crippen LogP contribution < -0.4 is 5.56 Å². The standard InChI is InChI=1S/C16H25N3O4/c20-15-8-14(17-12-18-15)7-13-9-19(3-6-23-10-13)11-16(21)1-4-22-5-2-16/h8,12-13,21H,1-7,9-11H2,(H,17,18,20)/t13-/m0/s1. The van der Waals surface area contributed by atoms with Crippen molar-refractivity contribution in [1.82, 2.24) is 14.9 Å². The Kier molecular flexibility index (Phi) is 5.42. The Labute approximate surface area is 135 Å². The minimum Gasteiger partial charge on any atom is -0.388 e. The Morgan fingerprint density at radius 1 is 1.35 bits per heavy atom. The number of hydrogen-bond acceptors (Lipinski definition) is 6. The molecule has 0 spiro atoms. The van der Waals surface area contributed by atoms with Crippen LogP contribution in [0.5, 0.6) is 0 Å². The minimum absolute atomic E-state index is 0.127. The van der Waals surface area contributed by atoms with Gasteiger partial charge in [0.15, 0.2) is 0 Å². The van der Waals surface area contributed by atoms with E-state index in [1.165, 1.54) is 6.33 Å². The number of aromatic amines is 1. The first-order valence-electron chi connectivity index (χ1n) is 8.27. The first-order valence-corrected chi connectivity index (χ1v) is 8.27. The zero-order chi connectivity index (χ0) is 16.1. The van der Waals surface area contributed by atoms with E-state index < -0.39 is 5.60 Å². The van der Waals surface area contributed by atoms with Crippen molar-refractivity contribution in [3.63, 3.8) is 0 Å². The Morgan fingerprint density at radius 3 is 2.96 bits per heavy atom. The van der Waals surface area contributed by atoms with E-state index in [2.05, 4.69) is 14.9 Å². The Morgan fingerprint density at radius 2 is 2.17 bits per heavy atom. The monoisotopic (exact) mass is 323 g/mol. The van der Waals surface area contributed by atoms with E-state index in [0.29, 0.717) is 52.2 Å². The summed E-state index contributed by atoms with van der Waals surface area (Å²) in [6, 6.07) is 1.54. The van der Waals surface area contributed by atoms with E-state index in [-0.39, 0.29) is 11.5 Å². The normalized spacial score (nSPS) is 25.9. The van der Waals surface area contributed by atoms with Gasteiger partial charge in [0.25, 0.3) is 5.56 Å². The Balaban J connectivity index is 1.60. The first-order chi connectivity index (χ1) is 11.1. The van der Waals surface area contributed by atoms with E-state index in [4.69, 9.17) is 9.47 Å². The molecule has 23 heavy (non-hydrogen) atoms. The number of aromatic nitrogens is 2. The lowest BCUT2D eigenvalue weighted by Crippen LogP contribution is -2.48. The smallest absolute Gasteiger partial charge is 0.250 e. The number of nitrogens with zero attached hydrogens (tertiary/aromatic N) is 2. The Bertz CT molecular complexity index is 556. The van der Waals surface area contributed by atoms with E-state index in [0.717, 1.165) is 18.8 Å². The number of rotatable bonds is 4. The van der Waals surface area contributed by atoms with E-state index in [9.17, 15) is 9.90 Å². The highest BCUT2D eigenvalue weighted by Crippen LogP contribution is 2.23. The lowest BCUT2D eigenvalue weighted by Gasteiger charge is -2.37. The molecule has 2 saturated heterocycles. The average molecular weight is 323 g/mol. The van der Waals surface area contributed by atoms with Crippen molar-refractivity contribution in [3.8, 4) is 0 Å². The molecule has 0 saturated carbocycles. The molecular formula is C16H25N3O4. The Hall–Kier alpha value is -1.28. The average Bonchev–Trinajstić information content (AvgIpc) is 2.72. The molecule has 1 aromatic heterocycles. The first kappa shape index (κ1) is 16.6. The van der Waals surface area contributed by atoms with Gasteiger partial charge in [0, 0.05) is 63.4 Å². The second kappa shape index (κ2) is 7.53. The van der Waals surface area contributed by atoms with E-state index in [1.807, 2.05) is 0 Å². The summed E-state index contributed by atoms with van der Waals surface area (Å²) in [7, 11) is 0. The third kappa shape index (κ3) is 4.84. The molecule has 3 heterocycles. The van der Waals surface area contributed by atoms with Gasteiger partial charge in [-0.25, -0.2) is 4.98 Å². The molecule has 2 aliphatic rings. The van der Waals surface area contributed by atoms with E-state index in [1.54, 1.807) is 6.07 Å². The van der Waals surface area contributed by atoms with Gasteiger partial charge >= 0.3 is 0 Å². The van der Waals surface area contributed by atoms with E-state index >= 15 is 0 Å². The van der Waals surface area contributed by atoms with Crippen molar-refractivity contribution in [3.05, 3.63) is 28.4 Å². The van der Waals surface area contributed by atoms with Crippen LogP contribution in [0.3, 0.4) is 0 Å². The van der Waals surface area contributed by atoms with Crippen molar-refractivity contribution in [2.75, 3.05) is 46.1 Å². The summed E-state index contributed by atoms with van der Waals surface area (Å²) in [6.45, 7) is 4.90. The van der Waals surface area contributed by atoms with Crippen molar-refractivity contribution < 1.29 is 14.6 Å². The molecule has 3 rings (SSSR count). The fourth-order valence-electron chi connectivity index (χ4n) is 3.36. The summed E-state index contributed by atoms with van der Waals surface area (Å²) < 4.78 is 11.0. The zero-order valence-corrected chi connectivity index (χ0v) is 13.4. The van der Waals surface area contributed by atoms with Crippen LogP contribution in [0, 0.1) is 5.92 Å². The maximum absolute atomic E-state index is 11.4. The lowest BCUT2D eigenvalue weighted by atomic mass is 9.93. The van der Waals surface area contributed by atoms with Crippen LogP contribution in [0.15, 0.2) is 17.2 Å². The molecule has 2 N–H and O–H groups in total. The highest BCUT2D eigenvalue weighted by molar-refractivity contribution is 5.00. The fraction of sp³-hybridized carbons (Fsp3) is 0.750. The van der Waals surface area contributed by atoms with Gasteiger partial charge in [0.2, 0.25) is 0 Å². The maximum Gasteiger partial charge on any atom is 0.250 e. The molecule has 7 nitrogen and oxygen atoms in total. The molecule has 2 fully saturated rings. The predicted molar refractivity (Wildman–Crippen MR) is 84.3 cm³/mol. The van der Waals surface area contributed by atoms with Gasteiger partial charge in [-0.15, -0.1) is 0 Å². The van der Waals surface area contributed by atoms with Crippen LogP contribution in [0.25, 0.3) is 0 Å². The molecule has 0 aliphatic carbocycles. The number of H-pyrrole nitrogens is 1. The van der Waals surface area contributed by atoms with Gasteiger partial charge in [0.05, 0.1) is 25.1 Å². The van der Waals surface area contributed by atoms with Crippen molar-refractivity contribution >= 4 is 0 Å². The summed E-state index contributed by atoms with van der Waals surface area (Å²) >= 11 is 0. The third-order valence-electron chi connectivity index (χ3n) is 4.60. The van der Waals surface area contributed by atoms with Crippen LogP contribution in [0.2, 0.25) is 0 Å². The van der Waals surface area contributed by atoms with Gasteiger partial charge in [-0.2, -0.15) is 0 Å². The molecule has 1 aromatic rings. The summed E-state index contributed by atoms with van der Waals surface area (Å²) in [5.74, 6) is 0.273. The highest BCUT2D eigenvalue weighted by Gasteiger charge is 2.33. The minimum atomic E-state index is -0.657. The molecule has 7 heteroatoms. The fourth-order valence-corrected chi connectivity index (χ4v) is 3.36. The number of aliphatic hydroxyl groups is 1. The van der Waals surface area contributed by atoms with Crippen LogP contribution in [0.4, 0.5) is 0 Å². The largest absolute Gasteiger partial charge is 0.388 e. The summed E-state index contributed by atoms with van der Waals surface area (Å²) in [5, 5.41) is 10.7. The third-order valence-corrected chi connectivity index (χ3v) is 4.60. The van der Waals surface area contributed by atoms with Crippen LogP contribution in [-0.2, 0) is 15.9 Å². The molecule has 2 aliphatic heterocycles. The molecule has 1 atom stereocenters. The second-order valence-electron chi connectivity index (χ2n) is 6.62. The zero-order valence-electron chi connectivity index (χ0n) is 13.4. The molecule has 128 valence electrons. The van der Waals surface area contributed by atoms with Crippen molar-refractivity contribution in [2.45, 2.75) is 24.9 Å². The van der Waals surface area contributed by atoms with Crippen LogP contribution >= 0.6 is 0 Å². The number of hydrogen-bond donors (Lipinski definition) is 2. The summed E-state index contributed by atoms with van der Waals surface area (Å²) in [6.07, 6.45) is 3.52. The quantitative estimate of drug-likeness (QED) is 0.798. The molecule has 0 radical (unpaired) electrons. The SMILES string of the molecule is O=c1cc(C[C@@H]2COCCN(CC3(O)CCOCC3)C2)nc[nH]1. The number of β-amino-alcohol motifs (C(OH)–C–C–N with tert-alkyl or cyclic N) is 1. The van der Waals surface area contributed by atoms with Gasteiger partial charge in [-0.3, -0.25) is 9.69 Å². The predicted octanol–water partition coefficient (Wildman–Crippen LogP) is -0.198. The summed E-state index contributed by atoms with van der Waals surface area (Å²) in [4.78, 5) is 20.4. The highest BCUT2D eigenvalue weighted by atomic mass is 16.5. The molecule has 0 aromatic carbocycles. The number of nitrogens with one attached hydrogen (secondary N) is 1. The topological polar surface area (TPSA) is 87.7 Å². The van der Waals surface area contributed by atoms with Gasteiger partial charge in [-0.1, -0.05) is 0 Å². The number of ether oxygens (including phenoxy) is 2. The second-order valence-corrected chi connectivity index (χ2v) is 6.62. The van der Waals surface area contributed by atoms with Crippen molar-refractivity contribution in [2.24, 2.45) is 5.92 Å². The van der Waals surface area contributed by atoms with Gasteiger partial charge < -0.3 is 19.6 Å². The molecule has 0 bridgehead atoms. The van der Waals surface area contributed by atoms with Crippen molar-refractivity contribution in [1.29, 1.82) is 0 Å². The van der Waals surface area contributed by atoms with Crippen LogP contribution in [0.1, 0.15) is 18.5 Å². The van der Waals surface area contributed by atoms with Gasteiger partial charge in [0.1, 0.15) is 0 Å². The maximum atomic E-state index is 11.4. The molecule has 0 amide bonds. The van der Waals surface area contributed by atoms with Gasteiger partial charge in [-0.05, 0) is 6.42 Å². The lowest BCUT2D eigenvalue weighted by molar-refractivity contribution is -0.0804. The molecule has 0 unspecified atom stereocenters. The van der Waals surface area contributed by atoms with Crippen LogP contribution in [-0.4, -0.2) is 71.6 Å². The molecular weight excluding hydrogens is 298 g/mol.